The molecule has 0 unspecified atom stereocenters. The second kappa shape index (κ2) is 8.41. The van der Waals surface area contributed by atoms with Gasteiger partial charge in [-0.15, -0.1) is 0 Å². The fraction of sp³-hybridized carbons (Fsp3) is 0.400. The molecule has 1 heterocycles. The van der Waals surface area contributed by atoms with Gasteiger partial charge >= 0.3 is 0 Å². The van der Waals surface area contributed by atoms with Gasteiger partial charge in [0.15, 0.2) is 16.5 Å². The monoisotopic (exact) mass is 490 g/mol. The standard InChI is InChI=1S/C15H18BrF3N2O4S2/c1-26(2,3)7-6-24-9-21(12-4-5-25-20-12)27(22,23)15-11(18)8-10(17)13(16)14(15)19/h4-5,8H,6-7,9H2,1-3H3. The Hall–Kier alpha value is -1.24. The van der Waals surface area contributed by atoms with E-state index < -0.39 is 53.6 Å². The van der Waals surface area contributed by atoms with Crippen LogP contribution in [0.3, 0.4) is 0 Å². The molecule has 1 aromatic heterocycles. The maximum absolute atomic E-state index is 14.4. The Morgan fingerprint density at radius 2 is 1.89 bits per heavy atom. The summed E-state index contributed by atoms with van der Waals surface area (Å²) in [7, 11) is -5.68. The molecule has 0 aliphatic rings. The Kier molecular flexibility index (Phi) is 6.87. The van der Waals surface area contributed by atoms with Gasteiger partial charge < -0.3 is 9.26 Å². The lowest BCUT2D eigenvalue weighted by Gasteiger charge is -2.26. The van der Waals surface area contributed by atoms with Gasteiger partial charge in [0.2, 0.25) is 0 Å². The fourth-order valence-electron chi connectivity index (χ4n) is 1.95. The van der Waals surface area contributed by atoms with Gasteiger partial charge in [-0.2, -0.15) is 0 Å². The Bertz CT molecular complexity index is 903. The predicted molar refractivity (Wildman–Crippen MR) is 101 cm³/mol. The van der Waals surface area contributed by atoms with E-state index in [4.69, 9.17) is 4.74 Å². The number of ether oxygens (including phenoxy) is 1. The number of aromatic nitrogens is 1. The van der Waals surface area contributed by atoms with E-state index in [1.54, 1.807) is 0 Å². The number of nitrogens with zero attached hydrogens (tertiary/aromatic N) is 2. The van der Waals surface area contributed by atoms with E-state index in [-0.39, 0.29) is 18.5 Å². The van der Waals surface area contributed by atoms with E-state index in [0.29, 0.717) is 10.1 Å². The summed E-state index contributed by atoms with van der Waals surface area (Å²) < 4.78 is 77.5. The van der Waals surface area contributed by atoms with Crippen molar-refractivity contribution in [2.24, 2.45) is 0 Å². The Morgan fingerprint density at radius 3 is 2.44 bits per heavy atom. The van der Waals surface area contributed by atoms with Gasteiger partial charge in [-0.3, -0.25) is 0 Å². The third-order valence-electron chi connectivity index (χ3n) is 3.35. The van der Waals surface area contributed by atoms with E-state index in [1.165, 1.54) is 6.07 Å². The van der Waals surface area contributed by atoms with Gasteiger partial charge in [0.25, 0.3) is 10.0 Å². The molecule has 2 rings (SSSR count). The number of hydrogen-bond acceptors (Lipinski definition) is 5. The minimum Gasteiger partial charge on any atom is -0.363 e. The summed E-state index contributed by atoms with van der Waals surface area (Å²) in [5.41, 5.74) is 0. The van der Waals surface area contributed by atoms with Gasteiger partial charge in [-0.05, 0) is 34.7 Å². The number of sulfonamides is 1. The number of anilines is 1. The molecule has 152 valence electrons. The van der Waals surface area contributed by atoms with Crippen LogP contribution in [-0.2, 0) is 14.8 Å². The average Bonchev–Trinajstić information content (AvgIpc) is 3.04. The fourth-order valence-corrected chi connectivity index (χ4v) is 4.42. The molecule has 0 fully saturated rings. The van der Waals surface area contributed by atoms with Crippen LogP contribution in [0.2, 0.25) is 0 Å². The van der Waals surface area contributed by atoms with Crippen molar-refractivity contribution in [3.8, 4) is 0 Å². The minimum atomic E-state index is -4.79. The zero-order valence-electron chi connectivity index (χ0n) is 14.7. The molecule has 2 aromatic rings. The van der Waals surface area contributed by atoms with Crippen LogP contribution in [-0.4, -0.2) is 51.4 Å². The van der Waals surface area contributed by atoms with E-state index in [1.807, 2.05) is 0 Å². The van der Waals surface area contributed by atoms with E-state index in [0.717, 1.165) is 6.26 Å². The zero-order valence-corrected chi connectivity index (χ0v) is 17.9. The smallest absolute Gasteiger partial charge is 0.273 e. The summed E-state index contributed by atoms with van der Waals surface area (Å²) in [6, 6.07) is 1.48. The molecule has 6 nitrogen and oxygen atoms in total. The maximum atomic E-state index is 14.4. The van der Waals surface area contributed by atoms with Crippen LogP contribution in [0, 0.1) is 17.5 Å². The van der Waals surface area contributed by atoms with Gasteiger partial charge in [0.1, 0.15) is 24.6 Å². The molecule has 0 spiro atoms. The first-order chi connectivity index (χ1) is 12.4. The van der Waals surface area contributed by atoms with Crippen molar-refractivity contribution in [1.82, 2.24) is 5.16 Å². The molecule has 0 saturated carbocycles. The minimum absolute atomic E-state index is 0.225. The van der Waals surface area contributed by atoms with Crippen molar-refractivity contribution in [2.45, 2.75) is 4.90 Å². The summed E-state index contributed by atoms with van der Waals surface area (Å²) >= 11 is 2.58. The molecule has 27 heavy (non-hydrogen) atoms. The zero-order chi connectivity index (χ0) is 20.4. The number of rotatable bonds is 8. The predicted octanol–water partition coefficient (Wildman–Crippen LogP) is 3.72. The van der Waals surface area contributed by atoms with Crippen molar-refractivity contribution in [3.63, 3.8) is 0 Å². The molecular weight excluding hydrogens is 473 g/mol. The van der Waals surface area contributed by atoms with Gasteiger partial charge in [-0.25, -0.2) is 35.9 Å². The molecule has 1 aromatic carbocycles. The third-order valence-corrected chi connectivity index (χ3v) is 7.23. The molecule has 0 atom stereocenters. The highest BCUT2D eigenvalue weighted by Crippen LogP contribution is 2.34. The van der Waals surface area contributed by atoms with Gasteiger partial charge in [0, 0.05) is 17.9 Å². The van der Waals surface area contributed by atoms with E-state index in [2.05, 4.69) is 44.4 Å². The van der Waals surface area contributed by atoms with Gasteiger partial charge in [-0.1, -0.05) is 5.16 Å². The number of benzene rings is 1. The van der Waals surface area contributed by atoms with E-state index >= 15 is 0 Å². The summed E-state index contributed by atoms with van der Waals surface area (Å²) in [5.74, 6) is -3.94. The van der Waals surface area contributed by atoms with Crippen molar-refractivity contribution >= 4 is 41.8 Å². The van der Waals surface area contributed by atoms with Crippen LogP contribution in [0.5, 0.6) is 0 Å². The molecule has 0 N–H and O–H groups in total. The lowest BCUT2D eigenvalue weighted by atomic mass is 10.3. The molecule has 0 bridgehead atoms. The second-order valence-electron chi connectivity index (χ2n) is 6.34. The summed E-state index contributed by atoms with van der Waals surface area (Å²) in [5, 5.41) is 3.50. The van der Waals surface area contributed by atoms with Crippen molar-refractivity contribution < 1.29 is 30.8 Å². The summed E-state index contributed by atoms with van der Waals surface area (Å²) in [6.45, 7) is -0.307. The molecule has 0 radical (unpaired) electrons. The highest BCUT2D eigenvalue weighted by molar-refractivity contribution is 9.10. The van der Waals surface area contributed by atoms with Crippen molar-refractivity contribution in [3.05, 3.63) is 40.3 Å². The largest absolute Gasteiger partial charge is 0.363 e. The SMILES string of the molecule is CS(C)(C)CCOCN(c1ccon1)S(=O)(=O)c1c(F)cc(F)c(Br)c1F. The topological polar surface area (TPSA) is 72.6 Å². The molecular formula is C15H18BrF3N2O4S2. The lowest BCUT2D eigenvalue weighted by Crippen LogP contribution is -2.35. The van der Waals surface area contributed by atoms with Crippen LogP contribution in [0.4, 0.5) is 19.0 Å². The highest BCUT2D eigenvalue weighted by Gasteiger charge is 2.35. The highest BCUT2D eigenvalue weighted by atomic mass is 79.9. The van der Waals surface area contributed by atoms with Crippen molar-refractivity contribution in [1.29, 1.82) is 0 Å². The third kappa shape index (κ3) is 5.18. The molecule has 0 aliphatic heterocycles. The number of halogens is 4. The Morgan fingerprint density at radius 1 is 1.22 bits per heavy atom. The summed E-state index contributed by atoms with van der Waals surface area (Å²) in [6.07, 6.45) is 7.28. The maximum Gasteiger partial charge on any atom is 0.273 e. The molecule has 0 saturated heterocycles. The first-order valence-electron chi connectivity index (χ1n) is 7.45. The first kappa shape index (κ1) is 22.1. The van der Waals surface area contributed by atoms with Crippen LogP contribution < -0.4 is 4.31 Å². The number of hydrogen-bond donors (Lipinski definition) is 0. The normalized spacial score (nSPS) is 13.0. The molecule has 0 aliphatic carbocycles. The second-order valence-corrected chi connectivity index (χ2v) is 13.5. The van der Waals surface area contributed by atoms with E-state index in [9.17, 15) is 21.6 Å². The first-order valence-corrected chi connectivity index (χ1v) is 12.7. The quantitative estimate of drug-likeness (QED) is 0.244. The lowest BCUT2D eigenvalue weighted by molar-refractivity contribution is 0.158. The van der Waals surface area contributed by atoms with Crippen molar-refractivity contribution in [2.75, 3.05) is 42.2 Å². The molecule has 0 amide bonds. The van der Waals surface area contributed by atoms with Crippen LogP contribution in [0.15, 0.2) is 32.3 Å². The van der Waals surface area contributed by atoms with Gasteiger partial charge in [0.05, 0.1) is 11.1 Å². The molecule has 12 heteroatoms. The average molecular weight is 491 g/mol. The van der Waals surface area contributed by atoms with Crippen LogP contribution in [0.25, 0.3) is 0 Å². The Labute approximate surface area is 165 Å². The van der Waals surface area contributed by atoms with Crippen LogP contribution >= 0.6 is 26.0 Å². The van der Waals surface area contributed by atoms with Crippen LogP contribution in [0.1, 0.15) is 0 Å². The summed E-state index contributed by atoms with van der Waals surface area (Å²) in [4.78, 5) is -1.32. The Balaban J connectivity index is 2.39.